The summed E-state index contributed by atoms with van der Waals surface area (Å²) in [5.41, 5.74) is 4.26. The molecule has 1 amide bonds. The van der Waals surface area contributed by atoms with Gasteiger partial charge in [-0.05, 0) is 57.0 Å². The second-order valence-corrected chi connectivity index (χ2v) is 7.87. The van der Waals surface area contributed by atoms with Crippen molar-refractivity contribution >= 4 is 28.3 Å². The van der Waals surface area contributed by atoms with E-state index in [0.29, 0.717) is 5.82 Å². The lowest BCUT2D eigenvalue weighted by atomic mass is 10.0. The highest BCUT2D eigenvalue weighted by Gasteiger charge is 2.22. The molecule has 4 rings (SSSR count). The van der Waals surface area contributed by atoms with Crippen LogP contribution in [0.4, 0.5) is 11.5 Å². The number of rotatable bonds is 4. The molecule has 2 heterocycles. The number of benzene rings is 2. The molecule has 1 N–H and O–H groups in total. The number of amides is 1. The van der Waals surface area contributed by atoms with Crippen LogP contribution in [0.1, 0.15) is 38.2 Å². The Morgan fingerprint density at radius 2 is 1.91 bits per heavy atom. The van der Waals surface area contributed by atoms with Gasteiger partial charge in [0, 0.05) is 22.6 Å². The SMILES string of the molecule is Cc1cc(C)c2nc(-n3ncc(C#N)c3NC(=O)c3cccc([N+](=O)[O-])c3C)cc(C)c2c1. The molecule has 0 aliphatic carbocycles. The summed E-state index contributed by atoms with van der Waals surface area (Å²) in [7, 11) is 0. The maximum Gasteiger partial charge on any atom is 0.273 e. The maximum absolute atomic E-state index is 13.0. The van der Waals surface area contributed by atoms with Gasteiger partial charge in [-0.2, -0.15) is 15.0 Å². The first-order valence-electron chi connectivity index (χ1n) is 10.1. The van der Waals surface area contributed by atoms with Crippen molar-refractivity contribution in [3.05, 3.63) is 86.1 Å². The van der Waals surface area contributed by atoms with Gasteiger partial charge in [-0.15, -0.1) is 0 Å². The molecule has 4 aromatic rings. The molecular formula is C24H20N6O3. The molecule has 0 saturated heterocycles. The normalized spacial score (nSPS) is 10.8. The molecule has 2 aromatic heterocycles. The fourth-order valence-corrected chi connectivity index (χ4v) is 3.90. The van der Waals surface area contributed by atoms with Crippen molar-refractivity contribution in [2.45, 2.75) is 27.7 Å². The van der Waals surface area contributed by atoms with E-state index in [9.17, 15) is 20.2 Å². The average molecular weight is 440 g/mol. The molecule has 9 nitrogen and oxygen atoms in total. The highest BCUT2D eigenvalue weighted by atomic mass is 16.6. The number of aromatic nitrogens is 3. The summed E-state index contributed by atoms with van der Waals surface area (Å²) in [5.74, 6) is 0.00250. The number of hydrogen-bond donors (Lipinski definition) is 1. The molecule has 0 aliphatic rings. The van der Waals surface area contributed by atoms with E-state index in [4.69, 9.17) is 4.98 Å². The summed E-state index contributed by atoms with van der Waals surface area (Å²) in [6.07, 6.45) is 1.35. The number of hydrogen-bond acceptors (Lipinski definition) is 6. The van der Waals surface area contributed by atoms with E-state index in [1.807, 2.05) is 39.0 Å². The lowest BCUT2D eigenvalue weighted by molar-refractivity contribution is -0.385. The monoisotopic (exact) mass is 440 g/mol. The van der Waals surface area contributed by atoms with Crippen LogP contribution in [0.15, 0.2) is 42.6 Å². The fraction of sp³-hybridized carbons (Fsp3) is 0.167. The summed E-state index contributed by atoms with van der Waals surface area (Å²) in [5, 5.41) is 28.8. The average Bonchev–Trinajstić information content (AvgIpc) is 3.16. The number of fused-ring (bicyclic) bond motifs is 1. The number of nitrogens with one attached hydrogen (secondary N) is 1. The lowest BCUT2D eigenvalue weighted by Crippen LogP contribution is -2.18. The Bertz CT molecular complexity index is 1500. The molecule has 164 valence electrons. The van der Waals surface area contributed by atoms with Gasteiger partial charge in [0.25, 0.3) is 11.6 Å². The van der Waals surface area contributed by atoms with Gasteiger partial charge in [0.05, 0.1) is 16.6 Å². The highest BCUT2D eigenvalue weighted by molar-refractivity contribution is 6.06. The van der Waals surface area contributed by atoms with E-state index in [-0.39, 0.29) is 28.2 Å². The first-order chi connectivity index (χ1) is 15.7. The molecule has 2 aromatic carbocycles. The zero-order chi connectivity index (χ0) is 23.9. The van der Waals surface area contributed by atoms with Gasteiger partial charge in [-0.1, -0.05) is 17.7 Å². The van der Waals surface area contributed by atoms with E-state index in [1.165, 1.54) is 36.0 Å². The summed E-state index contributed by atoms with van der Waals surface area (Å²) < 4.78 is 1.40. The third-order valence-electron chi connectivity index (χ3n) is 5.53. The van der Waals surface area contributed by atoms with Gasteiger partial charge >= 0.3 is 0 Å². The number of nitro groups is 1. The molecule has 0 fully saturated rings. The van der Waals surface area contributed by atoms with Crippen molar-refractivity contribution < 1.29 is 9.72 Å². The van der Waals surface area contributed by atoms with Gasteiger partial charge in [0.15, 0.2) is 11.6 Å². The number of aryl methyl sites for hydroxylation is 3. The Balaban J connectivity index is 1.82. The number of nitriles is 1. The van der Waals surface area contributed by atoms with E-state index < -0.39 is 10.8 Å². The van der Waals surface area contributed by atoms with Gasteiger partial charge in [-0.25, -0.2) is 4.98 Å². The summed E-state index contributed by atoms with van der Waals surface area (Å²) in [4.78, 5) is 28.5. The minimum atomic E-state index is -0.584. The molecule has 33 heavy (non-hydrogen) atoms. The third kappa shape index (κ3) is 3.78. The first kappa shape index (κ1) is 21.6. The predicted molar refractivity (Wildman–Crippen MR) is 124 cm³/mol. The quantitative estimate of drug-likeness (QED) is 0.362. The second kappa shape index (κ2) is 8.16. The molecule has 0 aliphatic heterocycles. The molecule has 0 spiro atoms. The number of carbonyl (C=O) groups excluding carboxylic acids is 1. The van der Waals surface area contributed by atoms with E-state index in [1.54, 1.807) is 0 Å². The predicted octanol–water partition coefficient (Wildman–Crippen LogP) is 4.69. The van der Waals surface area contributed by atoms with E-state index >= 15 is 0 Å². The van der Waals surface area contributed by atoms with Crippen LogP contribution in [0, 0.1) is 49.1 Å². The fourth-order valence-electron chi connectivity index (χ4n) is 3.90. The Hall–Kier alpha value is -4.58. The number of nitro benzene ring substituents is 1. The number of carbonyl (C=O) groups is 1. The summed E-state index contributed by atoms with van der Waals surface area (Å²) in [6, 6.07) is 12.2. The van der Waals surface area contributed by atoms with Gasteiger partial charge < -0.3 is 5.32 Å². The minimum absolute atomic E-state index is 0.134. The topological polar surface area (TPSA) is 127 Å². The minimum Gasteiger partial charge on any atom is -0.305 e. The summed E-state index contributed by atoms with van der Waals surface area (Å²) in [6.45, 7) is 7.47. The van der Waals surface area contributed by atoms with Crippen molar-refractivity contribution in [1.29, 1.82) is 5.26 Å². The molecule has 0 saturated carbocycles. The molecule has 0 atom stereocenters. The Morgan fingerprint density at radius 1 is 1.15 bits per heavy atom. The van der Waals surface area contributed by atoms with E-state index in [2.05, 4.69) is 16.5 Å². The van der Waals surface area contributed by atoms with Crippen LogP contribution in [0.5, 0.6) is 0 Å². The van der Waals surface area contributed by atoms with Crippen LogP contribution < -0.4 is 5.32 Å². The highest BCUT2D eigenvalue weighted by Crippen LogP contribution is 2.27. The van der Waals surface area contributed by atoms with Crippen molar-refractivity contribution in [2.24, 2.45) is 0 Å². The van der Waals surface area contributed by atoms with Crippen LogP contribution in [0.25, 0.3) is 16.7 Å². The van der Waals surface area contributed by atoms with Crippen molar-refractivity contribution in [1.82, 2.24) is 14.8 Å². The third-order valence-corrected chi connectivity index (χ3v) is 5.53. The zero-order valence-electron chi connectivity index (χ0n) is 18.5. The van der Waals surface area contributed by atoms with Crippen LogP contribution >= 0.6 is 0 Å². The molecule has 0 bridgehead atoms. The molecular weight excluding hydrogens is 420 g/mol. The summed E-state index contributed by atoms with van der Waals surface area (Å²) >= 11 is 0. The number of anilines is 1. The number of pyridine rings is 1. The van der Waals surface area contributed by atoms with Crippen LogP contribution in [0.2, 0.25) is 0 Å². The largest absolute Gasteiger partial charge is 0.305 e. The van der Waals surface area contributed by atoms with Crippen LogP contribution in [-0.2, 0) is 0 Å². The van der Waals surface area contributed by atoms with Crippen molar-refractivity contribution in [3.8, 4) is 11.9 Å². The Morgan fingerprint density at radius 3 is 2.61 bits per heavy atom. The van der Waals surface area contributed by atoms with Gasteiger partial charge in [-0.3, -0.25) is 14.9 Å². The van der Waals surface area contributed by atoms with Crippen molar-refractivity contribution in [3.63, 3.8) is 0 Å². The molecule has 0 radical (unpaired) electrons. The zero-order valence-corrected chi connectivity index (χ0v) is 18.5. The molecule has 0 unspecified atom stereocenters. The molecule has 9 heteroatoms. The van der Waals surface area contributed by atoms with Crippen LogP contribution in [-0.4, -0.2) is 25.6 Å². The second-order valence-electron chi connectivity index (χ2n) is 7.87. The number of nitrogens with zero attached hydrogens (tertiary/aromatic N) is 5. The Labute approximate surface area is 189 Å². The Kier molecular flexibility index (Phi) is 5.35. The smallest absolute Gasteiger partial charge is 0.273 e. The maximum atomic E-state index is 13.0. The standard InChI is InChI=1S/C24H20N6O3/c1-13-8-15(3)22-19(9-13)14(2)10-21(27-22)29-23(17(11-25)12-26-29)28-24(31)18-6-5-7-20(16(18)4)30(32)33/h5-10,12H,1-4H3,(H,28,31). The van der Waals surface area contributed by atoms with Gasteiger partial charge in [0.1, 0.15) is 11.6 Å². The lowest BCUT2D eigenvalue weighted by Gasteiger charge is -2.13. The first-order valence-corrected chi connectivity index (χ1v) is 10.1. The van der Waals surface area contributed by atoms with E-state index in [0.717, 1.165) is 27.6 Å². The van der Waals surface area contributed by atoms with Gasteiger partial charge in [0.2, 0.25) is 0 Å². The van der Waals surface area contributed by atoms with Crippen LogP contribution in [0.3, 0.4) is 0 Å². The van der Waals surface area contributed by atoms with Crippen molar-refractivity contribution in [2.75, 3.05) is 5.32 Å².